The third-order valence-corrected chi connectivity index (χ3v) is 5.64. The number of hydrogen-bond donors (Lipinski definition) is 2. The Morgan fingerprint density at radius 2 is 1.68 bits per heavy atom. The van der Waals surface area contributed by atoms with Crippen molar-refractivity contribution >= 4 is 28.5 Å². The SMILES string of the molecule is Cc1cc(NC(=O)C(=O)OCc2ccccc2)cc(C)c1Oc1ccc2[nH]cc(C(C)C)c2c1. The van der Waals surface area contributed by atoms with E-state index in [0.29, 0.717) is 17.4 Å². The average molecular weight is 457 g/mol. The Hall–Kier alpha value is -4.06. The van der Waals surface area contributed by atoms with Gasteiger partial charge in [0.15, 0.2) is 0 Å². The molecule has 3 aromatic carbocycles. The number of ether oxygens (including phenoxy) is 2. The fraction of sp³-hybridized carbons (Fsp3) is 0.214. The Labute approximate surface area is 198 Å². The number of anilines is 1. The maximum atomic E-state index is 12.3. The zero-order valence-electron chi connectivity index (χ0n) is 19.8. The van der Waals surface area contributed by atoms with Gasteiger partial charge >= 0.3 is 11.9 Å². The first-order chi connectivity index (χ1) is 16.3. The normalized spacial score (nSPS) is 11.0. The number of H-pyrrole nitrogens is 1. The molecule has 6 nitrogen and oxygen atoms in total. The van der Waals surface area contributed by atoms with Crippen molar-refractivity contribution in [2.75, 3.05) is 5.32 Å². The van der Waals surface area contributed by atoms with E-state index in [2.05, 4.69) is 24.1 Å². The molecule has 2 N–H and O–H groups in total. The van der Waals surface area contributed by atoms with Gasteiger partial charge in [0.25, 0.3) is 0 Å². The third kappa shape index (κ3) is 5.12. The van der Waals surface area contributed by atoms with Crippen molar-refractivity contribution < 1.29 is 19.1 Å². The predicted molar refractivity (Wildman–Crippen MR) is 133 cm³/mol. The minimum absolute atomic E-state index is 0.0436. The Kier molecular flexibility index (Phi) is 6.68. The van der Waals surface area contributed by atoms with E-state index >= 15 is 0 Å². The van der Waals surface area contributed by atoms with Crippen LogP contribution in [0.4, 0.5) is 5.69 Å². The smallest absolute Gasteiger partial charge is 0.397 e. The lowest BCUT2D eigenvalue weighted by molar-refractivity contribution is -0.153. The van der Waals surface area contributed by atoms with Gasteiger partial charge in [-0.15, -0.1) is 0 Å². The molecule has 0 aliphatic heterocycles. The molecule has 34 heavy (non-hydrogen) atoms. The van der Waals surface area contributed by atoms with Crippen molar-refractivity contribution in [3.05, 3.63) is 89.1 Å². The number of esters is 1. The zero-order valence-corrected chi connectivity index (χ0v) is 19.8. The second kappa shape index (κ2) is 9.83. The number of aromatic nitrogens is 1. The van der Waals surface area contributed by atoms with E-state index in [0.717, 1.165) is 33.3 Å². The van der Waals surface area contributed by atoms with E-state index in [1.54, 1.807) is 12.1 Å². The van der Waals surface area contributed by atoms with Gasteiger partial charge in [-0.25, -0.2) is 4.79 Å². The number of hydrogen-bond acceptors (Lipinski definition) is 4. The lowest BCUT2D eigenvalue weighted by Crippen LogP contribution is -2.25. The fourth-order valence-electron chi connectivity index (χ4n) is 3.93. The Balaban J connectivity index is 1.45. The largest absolute Gasteiger partial charge is 0.457 e. The summed E-state index contributed by atoms with van der Waals surface area (Å²) >= 11 is 0. The van der Waals surface area contributed by atoms with Gasteiger partial charge in [0.1, 0.15) is 18.1 Å². The molecule has 4 aromatic rings. The van der Waals surface area contributed by atoms with Crippen LogP contribution in [0, 0.1) is 13.8 Å². The molecule has 1 aromatic heterocycles. The molecule has 0 aliphatic carbocycles. The van der Waals surface area contributed by atoms with Gasteiger partial charge in [-0.05, 0) is 72.4 Å². The summed E-state index contributed by atoms with van der Waals surface area (Å²) in [4.78, 5) is 27.7. The van der Waals surface area contributed by atoms with E-state index in [1.165, 1.54) is 5.56 Å². The molecule has 0 bridgehead atoms. The van der Waals surface area contributed by atoms with Crippen molar-refractivity contribution in [2.24, 2.45) is 0 Å². The van der Waals surface area contributed by atoms with Crippen LogP contribution in [0.3, 0.4) is 0 Å². The second-order valence-corrected chi connectivity index (χ2v) is 8.66. The van der Waals surface area contributed by atoms with Gasteiger partial charge in [-0.3, -0.25) is 4.79 Å². The summed E-state index contributed by atoms with van der Waals surface area (Å²) in [6.45, 7) is 8.17. The molecule has 4 rings (SSSR count). The van der Waals surface area contributed by atoms with Crippen LogP contribution in [0.2, 0.25) is 0 Å². The van der Waals surface area contributed by atoms with Crippen LogP contribution in [-0.2, 0) is 20.9 Å². The van der Waals surface area contributed by atoms with Crippen LogP contribution in [0.15, 0.2) is 66.9 Å². The monoisotopic (exact) mass is 456 g/mol. The van der Waals surface area contributed by atoms with E-state index in [-0.39, 0.29) is 6.61 Å². The van der Waals surface area contributed by atoms with Gasteiger partial charge in [-0.2, -0.15) is 0 Å². The van der Waals surface area contributed by atoms with Gasteiger partial charge in [0, 0.05) is 22.8 Å². The Morgan fingerprint density at radius 1 is 0.971 bits per heavy atom. The van der Waals surface area contributed by atoms with Crippen molar-refractivity contribution in [3.63, 3.8) is 0 Å². The van der Waals surface area contributed by atoms with Crippen molar-refractivity contribution in [2.45, 2.75) is 40.2 Å². The summed E-state index contributed by atoms with van der Waals surface area (Å²) in [6, 6.07) is 18.8. The summed E-state index contributed by atoms with van der Waals surface area (Å²) in [7, 11) is 0. The minimum atomic E-state index is -0.930. The topological polar surface area (TPSA) is 80.4 Å². The minimum Gasteiger partial charge on any atom is -0.457 e. The molecule has 1 amide bonds. The molecule has 174 valence electrons. The number of aromatic amines is 1. The maximum Gasteiger partial charge on any atom is 0.397 e. The van der Waals surface area contributed by atoms with E-state index in [1.807, 2.05) is 68.6 Å². The number of benzene rings is 3. The molecule has 0 unspecified atom stereocenters. The van der Waals surface area contributed by atoms with E-state index in [9.17, 15) is 9.59 Å². The first kappa shape index (κ1) is 23.1. The molecule has 0 fully saturated rings. The van der Waals surface area contributed by atoms with E-state index < -0.39 is 11.9 Å². The van der Waals surface area contributed by atoms with Crippen molar-refractivity contribution in [1.82, 2.24) is 4.98 Å². The fourth-order valence-corrected chi connectivity index (χ4v) is 3.93. The molecular weight excluding hydrogens is 428 g/mol. The maximum absolute atomic E-state index is 12.3. The summed E-state index contributed by atoms with van der Waals surface area (Å²) in [5, 5.41) is 3.76. The molecular formula is C28H28N2O4. The lowest BCUT2D eigenvalue weighted by Gasteiger charge is -2.15. The van der Waals surface area contributed by atoms with Crippen LogP contribution in [0.1, 0.15) is 42.0 Å². The lowest BCUT2D eigenvalue weighted by atomic mass is 10.0. The first-order valence-electron chi connectivity index (χ1n) is 11.2. The molecule has 0 saturated heterocycles. The Morgan fingerprint density at radius 3 is 2.35 bits per heavy atom. The number of carbonyl (C=O) groups is 2. The highest BCUT2D eigenvalue weighted by molar-refractivity contribution is 6.37. The van der Waals surface area contributed by atoms with Crippen LogP contribution in [0.25, 0.3) is 10.9 Å². The second-order valence-electron chi connectivity index (χ2n) is 8.66. The highest BCUT2D eigenvalue weighted by atomic mass is 16.5. The standard InChI is InChI=1S/C28H28N2O4/c1-17(2)24-15-29-25-11-10-22(14-23(24)25)34-26-18(3)12-21(13-19(26)4)30-27(31)28(32)33-16-20-8-6-5-7-9-20/h5-15,17,29H,16H2,1-4H3,(H,30,31). The number of fused-ring (bicyclic) bond motifs is 1. The summed E-state index contributed by atoms with van der Waals surface area (Å²) < 4.78 is 11.3. The molecule has 0 spiro atoms. The predicted octanol–water partition coefficient (Wildman–Crippen LogP) is 6.38. The van der Waals surface area contributed by atoms with E-state index in [4.69, 9.17) is 9.47 Å². The van der Waals surface area contributed by atoms with Crippen LogP contribution in [0.5, 0.6) is 11.5 Å². The van der Waals surface area contributed by atoms with Gasteiger partial charge < -0.3 is 19.8 Å². The van der Waals surface area contributed by atoms with Crippen molar-refractivity contribution in [3.8, 4) is 11.5 Å². The molecule has 0 atom stereocenters. The third-order valence-electron chi connectivity index (χ3n) is 5.64. The molecule has 1 heterocycles. The number of nitrogens with one attached hydrogen (secondary N) is 2. The van der Waals surface area contributed by atoms with Crippen LogP contribution in [-0.4, -0.2) is 16.9 Å². The number of rotatable bonds is 6. The van der Waals surface area contributed by atoms with Gasteiger partial charge in [0.2, 0.25) is 0 Å². The summed E-state index contributed by atoms with van der Waals surface area (Å²) in [5.74, 6) is 0.102. The highest BCUT2D eigenvalue weighted by Gasteiger charge is 2.17. The van der Waals surface area contributed by atoms with Gasteiger partial charge in [0.05, 0.1) is 0 Å². The molecule has 0 aliphatic rings. The molecule has 0 saturated carbocycles. The van der Waals surface area contributed by atoms with Crippen LogP contribution >= 0.6 is 0 Å². The molecule has 6 heteroatoms. The number of amides is 1. The highest BCUT2D eigenvalue weighted by Crippen LogP contribution is 2.34. The first-order valence-corrected chi connectivity index (χ1v) is 11.2. The van der Waals surface area contributed by atoms with Crippen molar-refractivity contribution in [1.29, 1.82) is 0 Å². The number of aryl methyl sites for hydroxylation is 2. The van der Waals surface area contributed by atoms with Crippen LogP contribution < -0.4 is 10.1 Å². The zero-order chi connectivity index (χ0) is 24.2. The number of carbonyl (C=O) groups excluding carboxylic acids is 2. The quantitative estimate of drug-likeness (QED) is 0.260. The molecule has 0 radical (unpaired) electrons. The summed E-state index contributed by atoms with van der Waals surface area (Å²) in [6.07, 6.45) is 2.04. The summed E-state index contributed by atoms with van der Waals surface area (Å²) in [5.41, 5.74) is 5.31. The Bertz CT molecular complexity index is 1320. The van der Waals surface area contributed by atoms with Gasteiger partial charge in [-0.1, -0.05) is 44.2 Å². The average Bonchev–Trinajstić information content (AvgIpc) is 3.24.